The number of carbonyl (C=O) groups is 1. The fraction of sp³-hybridized carbons (Fsp3) is 0.333. The van der Waals surface area contributed by atoms with Gasteiger partial charge in [-0.3, -0.25) is 4.79 Å². The molecule has 1 aromatic carbocycles. The van der Waals surface area contributed by atoms with Crippen LogP contribution < -0.4 is 0 Å². The predicted octanol–water partition coefficient (Wildman–Crippen LogP) is 2.17. The van der Waals surface area contributed by atoms with Crippen molar-refractivity contribution in [2.75, 3.05) is 32.6 Å². The van der Waals surface area contributed by atoms with Gasteiger partial charge >= 0.3 is 0 Å². The van der Waals surface area contributed by atoms with Crippen LogP contribution in [0.5, 0.6) is 0 Å². The van der Waals surface area contributed by atoms with Gasteiger partial charge in [-0.15, -0.1) is 11.8 Å². The highest BCUT2D eigenvalue weighted by atomic mass is 32.2. The van der Waals surface area contributed by atoms with E-state index in [0.717, 1.165) is 10.5 Å². The number of carbonyl (C=O) groups excluding carboxylic acids is 1. The van der Waals surface area contributed by atoms with Crippen molar-refractivity contribution in [2.45, 2.75) is 4.90 Å². The lowest BCUT2D eigenvalue weighted by molar-refractivity contribution is -0.130. The monoisotopic (exact) mass is 288 g/mol. The number of hydrogen-bond acceptors (Lipinski definition) is 4. The van der Waals surface area contributed by atoms with Crippen LogP contribution in [-0.2, 0) is 9.53 Å². The predicted molar refractivity (Wildman–Crippen MR) is 79.2 cm³/mol. The van der Waals surface area contributed by atoms with Crippen LogP contribution in [-0.4, -0.2) is 43.4 Å². The van der Waals surface area contributed by atoms with E-state index in [-0.39, 0.29) is 11.5 Å². The van der Waals surface area contributed by atoms with Crippen molar-refractivity contribution < 1.29 is 9.53 Å². The normalized spacial score (nSPS) is 15.8. The third-order valence-corrected chi connectivity index (χ3v) is 3.82. The molecule has 0 unspecified atom stereocenters. The zero-order valence-electron chi connectivity index (χ0n) is 11.3. The van der Waals surface area contributed by atoms with Crippen molar-refractivity contribution >= 4 is 23.7 Å². The zero-order chi connectivity index (χ0) is 14.4. The fourth-order valence-corrected chi connectivity index (χ4v) is 2.35. The van der Waals surface area contributed by atoms with Gasteiger partial charge < -0.3 is 9.64 Å². The summed E-state index contributed by atoms with van der Waals surface area (Å²) in [5.41, 5.74) is 1.03. The Balaban J connectivity index is 2.15. The van der Waals surface area contributed by atoms with Gasteiger partial charge in [0.2, 0.25) is 0 Å². The highest BCUT2D eigenvalue weighted by Crippen LogP contribution is 2.17. The third-order valence-electron chi connectivity index (χ3n) is 3.08. The lowest BCUT2D eigenvalue weighted by Gasteiger charge is -2.26. The molecule has 1 amide bonds. The number of ether oxygens (including phenoxy) is 1. The van der Waals surface area contributed by atoms with E-state index in [1.807, 2.05) is 36.6 Å². The van der Waals surface area contributed by atoms with Crippen LogP contribution >= 0.6 is 11.8 Å². The first kappa shape index (κ1) is 14.6. The van der Waals surface area contributed by atoms with Crippen molar-refractivity contribution in [2.24, 2.45) is 0 Å². The molecule has 0 atom stereocenters. The molecule has 0 spiro atoms. The van der Waals surface area contributed by atoms with Crippen molar-refractivity contribution in [1.82, 2.24) is 4.90 Å². The number of benzene rings is 1. The summed E-state index contributed by atoms with van der Waals surface area (Å²) in [7, 11) is 0. The molecular formula is C15H16N2O2S. The number of morpholine rings is 1. The number of hydrogen-bond donors (Lipinski definition) is 0. The first-order valence-corrected chi connectivity index (χ1v) is 7.60. The number of nitriles is 1. The lowest BCUT2D eigenvalue weighted by atomic mass is 10.1. The number of thioether (sulfide) groups is 1. The second-order valence-corrected chi connectivity index (χ2v) is 5.23. The van der Waals surface area contributed by atoms with E-state index < -0.39 is 0 Å². The van der Waals surface area contributed by atoms with Gasteiger partial charge in [0.15, 0.2) is 0 Å². The van der Waals surface area contributed by atoms with Gasteiger partial charge in [-0.2, -0.15) is 5.26 Å². The van der Waals surface area contributed by atoms with E-state index >= 15 is 0 Å². The molecule has 0 radical (unpaired) electrons. The Morgan fingerprint density at radius 1 is 1.35 bits per heavy atom. The molecule has 0 aromatic heterocycles. The molecule has 0 saturated carbocycles. The Morgan fingerprint density at radius 2 is 2.00 bits per heavy atom. The van der Waals surface area contributed by atoms with Gasteiger partial charge in [-0.1, -0.05) is 12.1 Å². The summed E-state index contributed by atoms with van der Waals surface area (Å²) in [6, 6.07) is 9.78. The molecule has 1 aliphatic heterocycles. The van der Waals surface area contributed by atoms with E-state index in [1.165, 1.54) is 0 Å². The molecule has 4 nitrogen and oxygen atoms in total. The summed E-state index contributed by atoms with van der Waals surface area (Å²) in [6.45, 7) is 2.16. The molecule has 20 heavy (non-hydrogen) atoms. The molecule has 1 heterocycles. The van der Waals surface area contributed by atoms with Gasteiger partial charge in [0.25, 0.3) is 5.91 Å². The van der Waals surface area contributed by atoms with Gasteiger partial charge in [-0.25, -0.2) is 0 Å². The SMILES string of the molecule is CSc1ccc(/C=C(\C#N)C(=O)N2CCOCC2)cc1. The summed E-state index contributed by atoms with van der Waals surface area (Å²) >= 11 is 1.66. The Hall–Kier alpha value is -1.77. The minimum Gasteiger partial charge on any atom is -0.378 e. The maximum Gasteiger partial charge on any atom is 0.264 e. The topological polar surface area (TPSA) is 53.3 Å². The van der Waals surface area contributed by atoms with E-state index in [1.54, 1.807) is 22.7 Å². The summed E-state index contributed by atoms with van der Waals surface area (Å²) < 4.78 is 5.21. The number of rotatable bonds is 3. The van der Waals surface area contributed by atoms with E-state index in [0.29, 0.717) is 26.3 Å². The van der Waals surface area contributed by atoms with Gasteiger partial charge in [0, 0.05) is 18.0 Å². The standard InChI is InChI=1S/C15H16N2O2S/c1-20-14-4-2-12(3-5-14)10-13(11-16)15(18)17-6-8-19-9-7-17/h2-5,10H,6-9H2,1H3/b13-10+. The number of amides is 1. The molecule has 0 bridgehead atoms. The quantitative estimate of drug-likeness (QED) is 0.486. The van der Waals surface area contributed by atoms with E-state index in [4.69, 9.17) is 4.74 Å². The molecule has 0 N–H and O–H groups in total. The number of nitrogens with zero attached hydrogens (tertiary/aromatic N) is 2. The highest BCUT2D eigenvalue weighted by molar-refractivity contribution is 7.98. The van der Waals surface area contributed by atoms with Crippen LogP contribution in [0.4, 0.5) is 0 Å². The maximum absolute atomic E-state index is 12.2. The summed E-state index contributed by atoms with van der Waals surface area (Å²) in [5.74, 6) is -0.218. The van der Waals surface area contributed by atoms with Crippen LogP contribution in [0.3, 0.4) is 0 Å². The van der Waals surface area contributed by atoms with Crippen LogP contribution in [0.1, 0.15) is 5.56 Å². The van der Waals surface area contributed by atoms with E-state index in [2.05, 4.69) is 0 Å². The summed E-state index contributed by atoms with van der Waals surface area (Å²) in [4.78, 5) is 15.0. The molecule has 2 rings (SSSR count). The van der Waals surface area contributed by atoms with Crippen molar-refractivity contribution in [1.29, 1.82) is 5.26 Å². The Morgan fingerprint density at radius 3 is 2.55 bits per heavy atom. The van der Waals surface area contributed by atoms with Crippen LogP contribution in [0, 0.1) is 11.3 Å². The fourth-order valence-electron chi connectivity index (χ4n) is 1.95. The maximum atomic E-state index is 12.2. The minimum absolute atomic E-state index is 0.170. The zero-order valence-corrected chi connectivity index (χ0v) is 12.2. The first-order chi connectivity index (χ1) is 9.74. The highest BCUT2D eigenvalue weighted by Gasteiger charge is 2.20. The van der Waals surface area contributed by atoms with Crippen molar-refractivity contribution in [3.63, 3.8) is 0 Å². The molecule has 1 saturated heterocycles. The summed E-state index contributed by atoms with van der Waals surface area (Å²) in [6.07, 6.45) is 3.65. The van der Waals surface area contributed by atoms with Crippen LogP contribution in [0.2, 0.25) is 0 Å². The molecular weight excluding hydrogens is 272 g/mol. The van der Waals surface area contributed by atoms with Gasteiger partial charge in [0.05, 0.1) is 13.2 Å². The smallest absolute Gasteiger partial charge is 0.264 e. The van der Waals surface area contributed by atoms with Crippen molar-refractivity contribution in [3.8, 4) is 6.07 Å². The van der Waals surface area contributed by atoms with Crippen LogP contribution in [0.25, 0.3) is 6.08 Å². The van der Waals surface area contributed by atoms with E-state index in [9.17, 15) is 10.1 Å². The van der Waals surface area contributed by atoms with Gasteiger partial charge in [-0.05, 0) is 30.0 Å². The Bertz CT molecular complexity index is 540. The lowest BCUT2D eigenvalue weighted by Crippen LogP contribution is -2.41. The second kappa shape index (κ2) is 7.13. The molecule has 0 aliphatic carbocycles. The second-order valence-electron chi connectivity index (χ2n) is 4.35. The molecule has 1 fully saturated rings. The Labute approximate surface area is 123 Å². The van der Waals surface area contributed by atoms with Crippen LogP contribution in [0.15, 0.2) is 34.7 Å². The molecule has 104 valence electrons. The average Bonchev–Trinajstić information content (AvgIpc) is 2.53. The minimum atomic E-state index is -0.218. The van der Waals surface area contributed by atoms with Gasteiger partial charge in [0.1, 0.15) is 11.6 Å². The first-order valence-electron chi connectivity index (χ1n) is 6.37. The summed E-state index contributed by atoms with van der Waals surface area (Å²) in [5, 5.41) is 9.19. The van der Waals surface area contributed by atoms with Crippen molar-refractivity contribution in [3.05, 3.63) is 35.4 Å². The third kappa shape index (κ3) is 3.62. The molecule has 5 heteroatoms. The average molecular weight is 288 g/mol. The largest absolute Gasteiger partial charge is 0.378 e. The molecule has 1 aliphatic rings. The molecule has 1 aromatic rings. The Kier molecular flexibility index (Phi) is 5.22.